The van der Waals surface area contributed by atoms with Gasteiger partial charge in [0.05, 0.1) is 12.9 Å². The van der Waals surface area contributed by atoms with Crippen LogP contribution in [0.2, 0.25) is 0 Å². The predicted molar refractivity (Wildman–Crippen MR) is 136 cm³/mol. The van der Waals surface area contributed by atoms with Crippen LogP contribution in [-0.4, -0.2) is 83.8 Å². The Balaban J connectivity index is 1.20. The van der Waals surface area contributed by atoms with Gasteiger partial charge in [0.1, 0.15) is 29.6 Å². The molecule has 2 aliphatic rings. The van der Waals surface area contributed by atoms with Gasteiger partial charge < -0.3 is 35.4 Å². The Hall–Kier alpha value is -3.76. The molecule has 5 N–H and O–H groups in total. The maximum atomic E-state index is 12.5. The number of rotatable bonds is 4. The second-order valence-corrected chi connectivity index (χ2v) is 9.60. The van der Waals surface area contributed by atoms with E-state index in [1.54, 1.807) is 17.0 Å². The number of amides is 1. The maximum absolute atomic E-state index is 12.5. The lowest BCUT2D eigenvalue weighted by atomic mass is 9.94. The number of anilines is 1. The largest absolute Gasteiger partial charge is 0.415 e. The lowest BCUT2D eigenvalue weighted by molar-refractivity contribution is -0.0511. The molecule has 2 aliphatic heterocycles. The second-order valence-electron chi connectivity index (χ2n) is 9.60. The normalized spacial score (nSPS) is 23.8. The summed E-state index contributed by atoms with van der Waals surface area (Å²) in [6.45, 7) is 2.72. The molecule has 2 saturated heterocycles. The van der Waals surface area contributed by atoms with Gasteiger partial charge >= 0.3 is 6.09 Å². The molecule has 0 unspecified atom stereocenters. The number of aliphatic hydroxyl groups excluding tert-OH is 3. The first-order valence-corrected chi connectivity index (χ1v) is 12.5. The van der Waals surface area contributed by atoms with E-state index >= 15 is 0 Å². The fourth-order valence-electron chi connectivity index (χ4n) is 4.66. The number of imidazole rings is 1. The third kappa shape index (κ3) is 5.27. The highest BCUT2D eigenvalue weighted by Crippen LogP contribution is 2.32. The fraction of sp³-hybridized carbons (Fsp3) is 0.462. The Morgan fingerprint density at radius 3 is 2.61 bits per heavy atom. The number of benzene rings is 1. The number of carbonyl (C=O) groups is 1. The molecule has 1 aromatic carbocycles. The molecule has 2 aromatic heterocycles. The number of fused-ring (bicyclic) bond motifs is 1. The van der Waals surface area contributed by atoms with Gasteiger partial charge in [0.25, 0.3) is 0 Å². The molecule has 12 heteroatoms. The molecule has 5 rings (SSSR count). The predicted octanol–water partition coefficient (Wildman–Crippen LogP) is 0.981. The highest BCUT2D eigenvalue weighted by molar-refractivity contribution is 5.82. The average molecular weight is 523 g/mol. The zero-order valence-electron chi connectivity index (χ0n) is 20.9. The summed E-state index contributed by atoms with van der Waals surface area (Å²) in [6.07, 6.45) is -1.20. The monoisotopic (exact) mass is 522 g/mol. The van der Waals surface area contributed by atoms with Crippen molar-refractivity contribution in [1.82, 2.24) is 24.4 Å². The van der Waals surface area contributed by atoms with Crippen LogP contribution < -0.4 is 10.5 Å². The van der Waals surface area contributed by atoms with Crippen molar-refractivity contribution < 1.29 is 29.6 Å². The van der Waals surface area contributed by atoms with E-state index in [4.69, 9.17) is 15.2 Å². The van der Waals surface area contributed by atoms with E-state index in [2.05, 4.69) is 26.8 Å². The van der Waals surface area contributed by atoms with Crippen molar-refractivity contribution in [1.29, 1.82) is 0 Å². The topological polar surface area (TPSA) is 169 Å². The highest BCUT2D eigenvalue weighted by Gasteiger charge is 2.44. The first kappa shape index (κ1) is 25.9. The summed E-state index contributed by atoms with van der Waals surface area (Å²) < 4.78 is 12.5. The molecule has 0 bridgehead atoms. The molecule has 4 heterocycles. The lowest BCUT2D eigenvalue weighted by Gasteiger charge is -2.30. The standard InChI is InChI=1S/C26H30N6O6/c1-15-5-7-17(8-6-15)37-26(36)31-11-9-16(10-12-31)3-2-4-19-29-23(27)20-24(30-19)32(14-28-20)25-22(35)21(34)18(13-33)38-25/h5-8,14,16,18,21-22,25,33-35H,3,9-13H2,1H3,(H2,27,29,30)/t18-,21-,22-,25-/m1/s1. The molecule has 0 saturated carbocycles. The van der Waals surface area contributed by atoms with Crippen LogP contribution in [0.5, 0.6) is 5.75 Å². The van der Waals surface area contributed by atoms with Gasteiger partial charge in [-0.05, 0) is 43.7 Å². The molecular weight excluding hydrogens is 492 g/mol. The second kappa shape index (κ2) is 10.9. The molecule has 38 heavy (non-hydrogen) atoms. The summed E-state index contributed by atoms with van der Waals surface area (Å²) in [5.41, 5.74) is 7.79. The van der Waals surface area contributed by atoms with Crippen molar-refractivity contribution in [2.45, 2.75) is 50.7 Å². The van der Waals surface area contributed by atoms with Gasteiger partial charge in [-0.1, -0.05) is 23.6 Å². The van der Waals surface area contributed by atoms with E-state index in [0.29, 0.717) is 42.3 Å². The van der Waals surface area contributed by atoms with Gasteiger partial charge in [0, 0.05) is 19.5 Å². The summed E-state index contributed by atoms with van der Waals surface area (Å²) in [4.78, 5) is 27.0. The Bertz CT molecular complexity index is 1360. The average Bonchev–Trinajstić information content (AvgIpc) is 3.46. The molecule has 12 nitrogen and oxygen atoms in total. The van der Waals surface area contributed by atoms with Crippen molar-refractivity contribution in [3.8, 4) is 17.6 Å². The Morgan fingerprint density at radius 2 is 1.92 bits per heavy atom. The van der Waals surface area contributed by atoms with Crippen LogP contribution in [0.25, 0.3) is 11.2 Å². The number of aliphatic hydroxyl groups is 3. The SMILES string of the molecule is Cc1ccc(OC(=O)N2CCC(CC#Cc3nc(N)c4ncn([C@@H]5O[C@H](CO)[C@@H](O)[C@H]5O)c4n3)CC2)cc1. The zero-order chi connectivity index (χ0) is 26.8. The number of hydrogen-bond acceptors (Lipinski definition) is 10. The zero-order valence-corrected chi connectivity index (χ0v) is 20.9. The Kier molecular flexibility index (Phi) is 7.44. The number of ether oxygens (including phenoxy) is 2. The minimum atomic E-state index is -1.28. The molecule has 3 aromatic rings. The minimum absolute atomic E-state index is 0.130. The van der Waals surface area contributed by atoms with Gasteiger partial charge in [0.15, 0.2) is 17.7 Å². The van der Waals surface area contributed by atoms with Gasteiger partial charge in [-0.25, -0.2) is 19.7 Å². The quantitative estimate of drug-likeness (QED) is 0.362. The summed E-state index contributed by atoms with van der Waals surface area (Å²) in [5, 5.41) is 29.8. The van der Waals surface area contributed by atoms with Gasteiger partial charge in [-0.2, -0.15) is 0 Å². The molecule has 0 radical (unpaired) electrons. The number of likely N-dealkylation sites (tertiary alicyclic amines) is 1. The number of hydrogen-bond donors (Lipinski definition) is 4. The number of piperidine rings is 1. The molecule has 4 atom stereocenters. The van der Waals surface area contributed by atoms with E-state index in [9.17, 15) is 20.1 Å². The summed E-state index contributed by atoms with van der Waals surface area (Å²) in [7, 11) is 0. The third-order valence-corrected chi connectivity index (χ3v) is 6.93. The van der Waals surface area contributed by atoms with Gasteiger partial charge in [0.2, 0.25) is 5.82 Å². The van der Waals surface area contributed by atoms with Crippen LogP contribution in [-0.2, 0) is 4.74 Å². The summed E-state index contributed by atoms with van der Waals surface area (Å²) in [6, 6.07) is 7.37. The van der Waals surface area contributed by atoms with E-state index < -0.39 is 31.1 Å². The van der Waals surface area contributed by atoms with Crippen LogP contribution in [0.3, 0.4) is 0 Å². The van der Waals surface area contributed by atoms with Crippen LogP contribution in [0.15, 0.2) is 30.6 Å². The fourth-order valence-corrected chi connectivity index (χ4v) is 4.66. The van der Waals surface area contributed by atoms with Crippen LogP contribution in [0.4, 0.5) is 10.6 Å². The van der Waals surface area contributed by atoms with Crippen LogP contribution in [0, 0.1) is 24.7 Å². The van der Waals surface area contributed by atoms with Gasteiger partial charge in [-0.15, -0.1) is 0 Å². The van der Waals surface area contributed by atoms with Crippen molar-refractivity contribution in [2.75, 3.05) is 25.4 Å². The highest BCUT2D eigenvalue weighted by atomic mass is 16.6. The van der Waals surface area contributed by atoms with Crippen molar-refractivity contribution >= 4 is 23.1 Å². The number of carbonyl (C=O) groups excluding carboxylic acids is 1. The number of nitrogen functional groups attached to an aromatic ring is 1. The third-order valence-electron chi connectivity index (χ3n) is 6.93. The van der Waals surface area contributed by atoms with Crippen molar-refractivity contribution in [2.24, 2.45) is 5.92 Å². The van der Waals surface area contributed by atoms with Crippen molar-refractivity contribution in [3.63, 3.8) is 0 Å². The van der Waals surface area contributed by atoms with E-state index in [-0.39, 0.29) is 17.7 Å². The summed E-state index contributed by atoms with van der Waals surface area (Å²) >= 11 is 0. The smallest absolute Gasteiger partial charge is 0.410 e. The number of nitrogens with two attached hydrogens (primary N) is 1. The Labute approximate surface area is 219 Å². The van der Waals surface area contributed by atoms with E-state index in [0.717, 1.165) is 18.4 Å². The van der Waals surface area contributed by atoms with Crippen molar-refractivity contribution in [3.05, 3.63) is 42.0 Å². The molecule has 2 fully saturated rings. The summed E-state index contributed by atoms with van der Waals surface area (Å²) in [5.74, 6) is 7.24. The molecule has 1 amide bonds. The van der Waals surface area contributed by atoms with E-state index in [1.165, 1.54) is 10.9 Å². The number of nitrogens with zero attached hydrogens (tertiary/aromatic N) is 5. The maximum Gasteiger partial charge on any atom is 0.415 e. The first-order chi connectivity index (χ1) is 18.3. The molecule has 200 valence electrons. The van der Waals surface area contributed by atoms with Gasteiger partial charge in [-0.3, -0.25) is 4.57 Å². The minimum Gasteiger partial charge on any atom is -0.410 e. The first-order valence-electron chi connectivity index (χ1n) is 12.5. The number of aromatic nitrogens is 4. The molecular formula is C26H30N6O6. The van der Waals surface area contributed by atoms with E-state index in [1.807, 2.05) is 19.1 Å². The number of aryl methyl sites for hydroxylation is 1. The van der Waals surface area contributed by atoms with Crippen LogP contribution in [0.1, 0.15) is 36.9 Å². The lowest BCUT2D eigenvalue weighted by Crippen LogP contribution is -2.40. The Morgan fingerprint density at radius 1 is 1.18 bits per heavy atom. The molecule has 0 aliphatic carbocycles. The van der Waals surface area contributed by atoms with Crippen LogP contribution >= 0.6 is 0 Å². The molecule has 0 spiro atoms.